The Kier molecular flexibility index (Phi) is 7.37. The summed E-state index contributed by atoms with van der Waals surface area (Å²) in [4.78, 5) is 11.8. The van der Waals surface area contributed by atoms with Crippen LogP contribution in [0.4, 0.5) is 0 Å². The van der Waals surface area contributed by atoms with Gasteiger partial charge in [0.15, 0.2) is 5.78 Å². The molecule has 0 heterocycles. The van der Waals surface area contributed by atoms with Crippen molar-refractivity contribution in [2.24, 2.45) is 0 Å². The fraction of sp³-hybridized carbons (Fsp3) is 0.824. The number of rotatable bonds is 9. The monoisotopic (exact) mass is 314 g/mol. The SMILES string of the molecule is C=C(C[C@@](C)(O)C(=O)CC)O[Si](C(C)C)(C(C)C)C(C)C. The highest BCUT2D eigenvalue weighted by atomic mass is 28.4. The first-order valence-corrected chi connectivity index (χ1v) is 10.2. The summed E-state index contributed by atoms with van der Waals surface area (Å²) in [6.07, 6.45) is 0.502. The van der Waals surface area contributed by atoms with Crippen molar-refractivity contribution in [3.8, 4) is 0 Å². The van der Waals surface area contributed by atoms with Gasteiger partial charge in [-0.3, -0.25) is 4.79 Å². The maximum atomic E-state index is 11.8. The Balaban J connectivity index is 5.22. The van der Waals surface area contributed by atoms with Crippen LogP contribution < -0.4 is 0 Å². The first-order valence-electron chi connectivity index (χ1n) is 8.04. The fourth-order valence-corrected chi connectivity index (χ4v) is 8.78. The van der Waals surface area contributed by atoms with Crippen molar-refractivity contribution in [2.45, 2.75) is 90.5 Å². The van der Waals surface area contributed by atoms with Gasteiger partial charge in [0.2, 0.25) is 0 Å². The van der Waals surface area contributed by atoms with Gasteiger partial charge in [0, 0.05) is 12.8 Å². The lowest BCUT2D eigenvalue weighted by Gasteiger charge is -2.43. The second-order valence-corrected chi connectivity index (χ2v) is 12.6. The van der Waals surface area contributed by atoms with E-state index in [0.29, 0.717) is 28.8 Å². The van der Waals surface area contributed by atoms with E-state index in [4.69, 9.17) is 4.43 Å². The molecule has 0 saturated heterocycles. The Morgan fingerprint density at radius 2 is 1.52 bits per heavy atom. The topological polar surface area (TPSA) is 46.5 Å². The van der Waals surface area contributed by atoms with Crippen LogP contribution in [0.2, 0.25) is 16.6 Å². The minimum absolute atomic E-state index is 0.168. The molecule has 0 radical (unpaired) electrons. The summed E-state index contributed by atoms with van der Waals surface area (Å²) in [5, 5.41) is 10.3. The van der Waals surface area contributed by atoms with Crippen LogP contribution in [0.15, 0.2) is 12.3 Å². The van der Waals surface area contributed by atoms with Gasteiger partial charge in [-0.15, -0.1) is 0 Å². The van der Waals surface area contributed by atoms with Crippen LogP contribution in [0.25, 0.3) is 0 Å². The third-order valence-electron chi connectivity index (χ3n) is 4.49. The average molecular weight is 315 g/mol. The van der Waals surface area contributed by atoms with Crippen LogP contribution in [-0.2, 0) is 9.22 Å². The normalized spacial score (nSPS) is 15.4. The largest absolute Gasteiger partial charge is 0.546 e. The number of ketones is 1. The lowest BCUT2D eigenvalue weighted by atomic mass is 9.94. The van der Waals surface area contributed by atoms with E-state index in [9.17, 15) is 9.90 Å². The highest BCUT2D eigenvalue weighted by Gasteiger charge is 2.47. The number of Topliss-reactive ketones (excluding diaryl/α,β-unsaturated/α-hetero) is 1. The summed E-state index contributed by atoms with van der Waals surface area (Å²) < 4.78 is 6.39. The number of hydrogen-bond donors (Lipinski definition) is 1. The van der Waals surface area contributed by atoms with Crippen molar-refractivity contribution < 1.29 is 14.3 Å². The highest BCUT2D eigenvalue weighted by Crippen LogP contribution is 2.44. The van der Waals surface area contributed by atoms with Gasteiger partial charge in [0.05, 0.1) is 5.76 Å². The molecule has 0 aromatic rings. The van der Waals surface area contributed by atoms with E-state index in [1.165, 1.54) is 0 Å². The lowest BCUT2D eigenvalue weighted by molar-refractivity contribution is -0.135. The summed E-state index contributed by atoms with van der Waals surface area (Å²) >= 11 is 0. The average Bonchev–Trinajstić information content (AvgIpc) is 2.32. The van der Waals surface area contributed by atoms with E-state index in [1.807, 2.05) is 0 Å². The molecule has 0 bridgehead atoms. The smallest absolute Gasteiger partial charge is 0.258 e. The quantitative estimate of drug-likeness (QED) is 0.490. The third-order valence-corrected chi connectivity index (χ3v) is 10.5. The molecule has 3 nitrogen and oxygen atoms in total. The molecule has 0 saturated carbocycles. The van der Waals surface area contributed by atoms with E-state index in [0.717, 1.165) is 0 Å². The van der Waals surface area contributed by atoms with Crippen molar-refractivity contribution in [3.63, 3.8) is 0 Å². The summed E-state index contributed by atoms with van der Waals surface area (Å²) in [6.45, 7) is 20.5. The Labute approximate surface area is 131 Å². The molecule has 4 heteroatoms. The first kappa shape index (κ1) is 20.4. The van der Waals surface area contributed by atoms with Crippen LogP contribution in [0, 0.1) is 0 Å². The summed E-state index contributed by atoms with van der Waals surface area (Å²) in [5.74, 6) is 0.378. The highest BCUT2D eigenvalue weighted by molar-refractivity contribution is 6.77. The minimum Gasteiger partial charge on any atom is -0.546 e. The van der Waals surface area contributed by atoms with Crippen molar-refractivity contribution in [2.75, 3.05) is 0 Å². The molecule has 0 aliphatic rings. The number of hydrogen-bond acceptors (Lipinski definition) is 3. The van der Waals surface area contributed by atoms with E-state index in [2.05, 4.69) is 48.1 Å². The molecule has 0 aliphatic heterocycles. The van der Waals surface area contributed by atoms with Crippen LogP contribution in [0.5, 0.6) is 0 Å². The molecule has 1 atom stereocenters. The predicted molar refractivity (Wildman–Crippen MR) is 91.8 cm³/mol. The molecule has 0 aromatic carbocycles. The zero-order chi connectivity index (χ0) is 17.0. The molecule has 0 aliphatic carbocycles. The molecular formula is C17H34O3Si. The first-order chi connectivity index (χ1) is 9.41. The molecule has 124 valence electrons. The predicted octanol–water partition coefficient (Wildman–Crippen LogP) is 4.81. The van der Waals surface area contributed by atoms with E-state index in [1.54, 1.807) is 13.8 Å². The fourth-order valence-electron chi connectivity index (χ4n) is 3.50. The maximum absolute atomic E-state index is 11.8. The second-order valence-electron chi connectivity index (χ2n) is 7.19. The molecule has 21 heavy (non-hydrogen) atoms. The van der Waals surface area contributed by atoms with Gasteiger partial charge in [-0.1, -0.05) is 55.0 Å². The Bertz CT molecular complexity index is 348. The van der Waals surface area contributed by atoms with E-state index in [-0.39, 0.29) is 12.2 Å². The Morgan fingerprint density at radius 3 is 1.81 bits per heavy atom. The summed E-state index contributed by atoms with van der Waals surface area (Å²) in [5.41, 5.74) is -0.0417. The maximum Gasteiger partial charge on any atom is 0.258 e. The minimum atomic E-state index is -2.06. The van der Waals surface area contributed by atoms with Crippen molar-refractivity contribution >= 4 is 14.1 Å². The van der Waals surface area contributed by atoms with Crippen molar-refractivity contribution in [1.82, 2.24) is 0 Å². The Morgan fingerprint density at radius 1 is 1.14 bits per heavy atom. The van der Waals surface area contributed by atoms with Crippen LogP contribution >= 0.6 is 0 Å². The second kappa shape index (κ2) is 7.59. The Hall–Kier alpha value is -0.613. The summed E-state index contributed by atoms with van der Waals surface area (Å²) in [7, 11) is -2.06. The van der Waals surface area contributed by atoms with Gasteiger partial charge in [0.1, 0.15) is 5.60 Å². The zero-order valence-electron chi connectivity index (χ0n) is 15.1. The van der Waals surface area contributed by atoms with Gasteiger partial charge in [0.25, 0.3) is 8.32 Å². The van der Waals surface area contributed by atoms with Gasteiger partial charge < -0.3 is 9.53 Å². The zero-order valence-corrected chi connectivity index (χ0v) is 16.1. The molecule has 0 rings (SSSR count). The van der Waals surface area contributed by atoms with Gasteiger partial charge in [-0.2, -0.15) is 0 Å². The van der Waals surface area contributed by atoms with Crippen LogP contribution in [0.1, 0.15) is 68.2 Å². The van der Waals surface area contributed by atoms with Crippen LogP contribution in [-0.4, -0.2) is 24.8 Å². The molecule has 0 fully saturated rings. The third kappa shape index (κ3) is 4.68. The van der Waals surface area contributed by atoms with Gasteiger partial charge >= 0.3 is 0 Å². The number of carbonyl (C=O) groups excluding carboxylic acids is 1. The van der Waals surface area contributed by atoms with Gasteiger partial charge in [-0.05, 0) is 23.5 Å². The standard InChI is InChI=1S/C17H34O3Si/c1-10-16(18)17(9,19)11-15(8)20-21(12(2)3,13(4)5)14(6)7/h12-14,19H,8,10-11H2,1-7,9H3/t17-/m1/s1. The molecule has 0 aromatic heterocycles. The molecule has 1 N–H and O–H groups in total. The van der Waals surface area contributed by atoms with Crippen molar-refractivity contribution in [3.05, 3.63) is 12.3 Å². The van der Waals surface area contributed by atoms with Crippen molar-refractivity contribution in [1.29, 1.82) is 0 Å². The molecule has 0 spiro atoms. The summed E-state index contributed by atoms with van der Waals surface area (Å²) in [6, 6.07) is 0. The molecular weight excluding hydrogens is 280 g/mol. The lowest BCUT2D eigenvalue weighted by Crippen LogP contribution is -2.48. The van der Waals surface area contributed by atoms with E-state index >= 15 is 0 Å². The number of carbonyl (C=O) groups is 1. The number of aliphatic hydroxyl groups is 1. The molecule has 0 unspecified atom stereocenters. The van der Waals surface area contributed by atoms with Crippen LogP contribution in [0.3, 0.4) is 0 Å². The molecule has 0 amide bonds. The van der Waals surface area contributed by atoms with Gasteiger partial charge in [-0.25, -0.2) is 0 Å². The van der Waals surface area contributed by atoms with E-state index < -0.39 is 13.9 Å².